The van der Waals surface area contributed by atoms with Gasteiger partial charge in [-0.05, 0) is 12.1 Å². The summed E-state index contributed by atoms with van der Waals surface area (Å²) in [6.45, 7) is 10.3. The Kier molecular flexibility index (Phi) is 43.7. The van der Waals surface area contributed by atoms with Gasteiger partial charge in [0.05, 0.1) is 0 Å². The topological polar surface area (TPSA) is 3.24 Å². The van der Waals surface area contributed by atoms with Gasteiger partial charge in [0, 0.05) is 104 Å². The van der Waals surface area contributed by atoms with E-state index >= 15 is 0 Å². The molecular formula is C16H29ArNWY-2. The molecule has 0 unspecified atom stereocenters. The Hall–Kier alpha value is 2.07. The van der Waals surface area contributed by atoms with Crippen molar-refractivity contribution in [1.82, 2.24) is 0 Å². The third-order valence-corrected chi connectivity index (χ3v) is 2.31. The fourth-order valence-corrected chi connectivity index (χ4v) is 1.64. The van der Waals surface area contributed by atoms with Crippen molar-refractivity contribution >= 4 is 5.69 Å². The average Bonchev–Trinajstić information content (AvgIpc) is 2.45. The van der Waals surface area contributed by atoms with Gasteiger partial charge in [-0.15, -0.1) is 6.54 Å². The summed E-state index contributed by atoms with van der Waals surface area (Å²) in [7, 11) is 0. The van der Waals surface area contributed by atoms with Crippen LogP contribution in [-0.2, 0) is 53.8 Å². The molecule has 1 nitrogen and oxygen atoms in total. The molecule has 117 valence electrons. The number of rotatable bonds is 1. The fourth-order valence-electron chi connectivity index (χ4n) is 1.64. The van der Waals surface area contributed by atoms with Crippen LogP contribution in [-0.4, -0.2) is 13.1 Å². The molecule has 1 aliphatic heterocycles. The van der Waals surface area contributed by atoms with Crippen LogP contribution in [0.2, 0.25) is 0 Å². The summed E-state index contributed by atoms with van der Waals surface area (Å²) >= 11 is 0. The molecule has 1 heterocycles. The van der Waals surface area contributed by atoms with Crippen molar-refractivity contribution in [1.29, 1.82) is 0 Å². The van der Waals surface area contributed by atoms with Gasteiger partial charge in [-0.3, -0.25) is 0 Å². The van der Waals surface area contributed by atoms with Gasteiger partial charge in [-0.25, -0.2) is 0 Å². The predicted octanol–water partition coefficient (Wildman–Crippen LogP) is 4.99. The standard InChI is InChI=1S/C11H14N.2C2H6.CH3.Ar.W.Y/c1-3-7-11(8-4-1)12-9-5-2-6-10-12;2*1-2;;;;/h1,3-5,7-8H,2,6,9-10H2;2*1-2H3;1H3;;;/q-1;;;-1;;;. The van der Waals surface area contributed by atoms with Gasteiger partial charge < -0.3 is 18.7 Å². The molecule has 0 bridgehead atoms. The van der Waals surface area contributed by atoms with E-state index in [0.29, 0.717) is 0 Å². The van der Waals surface area contributed by atoms with Gasteiger partial charge in [0.2, 0.25) is 0 Å². The second-order valence-electron chi connectivity index (χ2n) is 3.21. The summed E-state index contributed by atoms with van der Waals surface area (Å²) in [6, 6.07) is 10.6. The summed E-state index contributed by atoms with van der Waals surface area (Å²) in [5.41, 5.74) is 1.36. The number of hydrogen-bond donors (Lipinski definition) is 0. The van der Waals surface area contributed by atoms with Gasteiger partial charge >= 0.3 is 0 Å². The van der Waals surface area contributed by atoms with Crippen molar-refractivity contribution < 1.29 is 91.5 Å². The minimum absolute atomic E-state index is 0. The molecular weight excluding hydrogens is 519 g/mol. The van der Waals surface area contributed by atoms with Crippen LogP contribution in [0, 0.1) is 51.6 Å². The normalized spacial score (nSPS) is 11.3. The van der Waals surface area contributed by atoms with Crippen LogP contribution in [0.25, 0.3) is 0 Å². The first-order valence-electron chi connectivity index (χ1n) is 6.58. The maximum atomic E-state index is 2.42. The molecule has 1 saturated heterocycles. The average molecular weight is 548 g/mol. The Morgan fingerprint density at radius 1 is 1.00 bits per heavy atom. The number of benzene rings is 1. The van der Waals surface area contributed by atoms with Crippen LogP contribution >= 0.6 is 0 Å². The van der Waals surface area contributed by atoms with Crippen molar-refractivity contribution in [2.45, 2.75) is 40.5 Å². The zero-order valence-corrected chi connectivity index (χ0v) is 20.1. The Labute approximate surface area is 197 Å². The molecule has 0 aromatic heterocycles. The molecule has 1 aliphatic rings. The van der Waals surface area contributed by atoms with Crippen molar-refractivity contribution in [2.24, 2.45) is 0 Å². The zero-order chi connectivity index (χ0) is 12.2. The molecule has 0 N–H and O–H groups in total. The SMILES string of the molecule is CC.CC.[Ar].[CH3-].[W].[Y].c1ccc(N2C[CH-]CCC2)cc1. The van der Waals surface area contributed by atoms with Crippen LogP contribution in [0.4, 0.5) is 5.69 Å². The van der Waals surface area contributed by atoms with Crippen LogP contribution < -0.4 is 4.90 Å². The monoisotopic (exact) mass is 548 g/mol. The summed E-state index contributed by atoms with van der Waals surface area (Å²) in [5, 5.41) is 0. The molecule has 0 atom stereocenters. The summed E-state index contributed by atoms with van der Waals surface area (Å²) in [5.74, 6) is 0. The zero-order valence-electron chi connectivity index (χ0n) is 13.6. The summed E-state index contributed by atoms with van der Waals surface area (Å²) < 4.78 is 0. The second-order valence-corrected chi connectivity index (χ2v) is 3.21. The minimum atomic E-state index is 0. The minimum Gasteiger partial charge on any atom is -0.401 e. The van der Waals surface area contributed by atoms with E-state index in [1.54, 1.807) is 0 Å². The van der Waals surface area contributed by atoms with E-state index in [9.17, 15) is 0 Å². The van der Waals surface area contributed by atoms with Crippen LogP contribution in [0.1, 0.15) is 40.5 Å². The molecule has 1 fully saturated rings. The quantitative estimate of drug-likeness (QED) is 0.448. The number of piperidine rings is 1. The van der Waals surface area contributed by atoms with E-state index in [1.807, 2.05) is 27.7 Å². The van der Waals surface area contributed by atoms with Crippen LogP contribution in [0.15, 0.2) is 30.3 Å². The molecule has 20 heavy (non-hydrogen) atoms. The van der Waals surface area contributed by atoms with Crippen molar-refractivity contribution in [3.05, 3.63) is 44.2 Å². The second kappa shape index (κ2) is 26.0. The van der Waals surface area contributed by atoms with E-state index in [-0.39, 0.29) is 98.9 Å². The first-order valence-corrected chi connectivity index (χ1v) is 6.58. The first kappa shape index (κ1) is 33.6. The van der Waals surface area contributed by atoms with E-state index < -0.39 is 0 Å². The Balaban J connectivity index is -0.0000000868. The maximum absolute atomic E-state index is 2.42. The molecule has 1 aromatic rings. The van der Waals surface area contributed by atoms with Crippen molar-refractivity contribution in [3.63, 3.8) is 0 Å². The Morgan fingerprint density at radius 3 is 1.90 bits per heavy atom. The van der Waals surface area contributed by atoms with Crippen LogP contribution in [0.5, 0.6) is 0 Å². The predicted molar refractivity (Wildman–Crippen MR) is 81.3 cm³/mol. The van der Waals surface area contributed by atoms with E-state index in [2.05, 4.69) is 41.7 Å². The van der Waals surface area contributed by atoms with E-state index in [0.717, 1.165) is 6.54 Å². The van der Waals surface area contributed by atoms with E-state index in [4.69, 9.17) is 0 Å². The van der Waals surface area contributed by atoms with Gasteiger partial charge in [0.1, 0.15) is 0 Å². The third kappa shape index (κ3) is 15.0. The molecule has 1 aromatic carbocycles. The molecule has 0 spiro atoms. The first-order chi connectivity index (χ1) is 7.97. The van der Waals surface area contributed by atoms with Gasteiger partial charge in [-0.2, -0.15) is 6.42 Å². The van der Waals surface area contributed by atoms with Crippen molar-refractivity contribution in [3.8, 4) is 0 Å². The molecule has 0 aliphatic carbocycles. The van der Waals surface area contributed by atoms with E-state index in [1.165, 1.54) is 25.1 Å². The van der Waals surface area contributed by atoms with Crippen LogP contribution in [0.3, 0.4) is 0 Å². The van der Waals surface area contributed by atoms with Gasteiger partial charge in [-0.1, -0.05) is 52.3 Å². The number of hydrogen-bond acceptors (Lipinski definition) is 1. The smallest absolute Gasteiger partial charge is 0.0341 e. The summed E-state index contributed by atoms with van der Waals surface area (Å²) in [4.78, 5) is 2.42. The molecule has 4 heteroatoms. The number of nitrogens with zero attached hydrogens (tertiary/aromatic N) is 1. The molecule has 2 rings (SSSR count). The third-order valence-electron chi connectivity index (χ3n) is 2.31. The molecule has 0 saturated carbocycles. The molecule has 1 radical (unpaired) electrons. The van der Waals surface area contributed by atoms with Gasteiger partial charge in [0.15, 0.2) is 0 Å². The van der Waals surface area contributed by atoms with Crippen molar-refractivity contribution in [2.75, 3.05) is 18.0 Å². The number of para-hydroxylation sites is 1. The maximum Gasteiger partial charge on any atom is 0.0341 e. The fraction of sp³-hybridized carbons (Fsp3) is 0.500. The number of anilines is 1. The molecule has 0 amide bonds. The Morgan fingerprint density at radius 2 is 1.50 bits per heavy atom. The largest absolute Gasteiger partial charge is 0.401 e. The Bertz CT molecular complexity index is 241. The summed E-state index contributed by atoms with van der Waals surface area (Å²) in [6.07, 6.45) is 4.94. The van der Waals surface area contributed by atoms with Gasteiger partial charge in [0.25, 0.3) is 0 Å².